The van der Waals surface area contributed by atoms with Gasteiger partial charge in [-0.15, -0.1) is 6.04 Å². The average molecular weight is 1320 g/mol. The summed E-state index contributed by atoms with van der Waals surface area (Å²) in [5, 5.41) is 31.5. The number of rotatable bonds is 15. The molecule has 18 heteroatoms. The summed E-state index contributed by atoms with van der Waals surface area (Å²) >= 11 is 0. The minimum absolute atomic E-state index is 0. The molecule has 0 spiro atoms. The molecule has 5 aromatic carbocycles. The van der Waals surface area contributed by atoms with Gasteiger partial charge in [-0.3, -0.25) is 0 Å². The SMILES string of the molecule is C.Cc1cccc(-c2ccc(CNc3nc(NC4CCC(N)CC4)nc4c3ncn4C(C)C)cc2)c1.Cc1cccc(-c2ccc(CNc3nc(NC4CCC([NH-])CC4)nc4c3ncn4C(C)C)cc2)c1.Cc1cccc(B(O)O)c1.[Ac]. The van der Waals surface area contributed by atoms with E-state index in [2.05, 4.69) is 179 Å². The van der Waals surface area contributed by atoms with Gasteiger partial charge >= 0.3 is 7.12 Å². The molecule has 9 aromatic rings. The Hall–Kier alpha value is -6.25. The molecule has 82 heavy (non-hydrogen) atoms. The summed E-state index contributed by atoms with van der Waals surface area (Å²) in [5.74, 6) is 2.78. The summed E-state index contributed by atoms with van der Waals surface area (Å²) in [4.78, 5) is 28.6. The van der Waals surface area contributed by atoms with Crippen LogP contribution in [0, 0.1) is 64.8 Å². The van der Waals surface area contributed by atoms with Crippen LogP contribution in [0.1, 0.15) is 126 Å². The number of benzene rings is 5. The Labute approximate surface area is 520 Å². The van der Waals surface area contributed by atoms with E-state index >= 15 is 0 Å². The fourth-order valence-corrected chi connectivity index (χ4v) is 10.3. The summed E-state index contributed by atoms with van der Waals surface area (Å²) in [6, 6.07) is 43.2. The van der Waals surface area contributed by atoms with Gasteiger partial charge in [-0.05, 0) is 126 Å². The van der Waals surface area contributed by atoms with Crippen LogP contribution >= 0.6 is 0 Å². The Balaban J connectivity index is 0.000000198. The zero-order chi connectivity index (χ0) is 56.3. The summed E-state index contributed by atoms with van der Waals surface area (Å²) in [5.41, 5.74) is 28.7. The molecule has 0 bridgehead atoms. The number of nitrogens with one attached hydrogen (secondary N) is 5. The van der Waals surface area contributed by atoms with Crippen LogP contribution < -0.4 is 32.5 Å². The number of nitrogens with two attached hydrogens (primary N) is 1. The van der Waals surface area contributed by atoms with Crippen molar-refractivity contribution in [1.82, 2.24) is 39.0 Å². The van der Waals surface area contributed by atoms with Crippen molar-refractivity contribution in [2.75, 3.05) is 21.3 Å². The van der Waals surface area contributed by atoms with Gasteiger partial charge in [0.1, 0.15) is 0 Å². The Kier molecular flexibility index (Phi) is 23.0. The third-order valence-electron chi connectivity index (χ3n) is 15.0. The van der Waals surface area contributed by atoms with Crippen molar-refractivity contribution in [3.05, 3.63) is 168 Å². The van der Waals surface area contributed by atoms with Crippen LogP contribution in [0.5, 0.6) is 0 Å². The van der Waals surface area contributed by atoms with E-state index < -0.39 is 7.12 Å². The first-order valence-electron chi connectivity index (χ1n) is 28.3. The predicted octanol–water partition coefficient (Wildman–Crippen LogP) is 12.8. The molecule has 2 aliphatic carbocycles. The molecule has 4 aromatic heterocycles. The first-order valence-corrected chi connectivity index (χ1v) is 28.3. The fraction of sp³-hybridized carbons (Fsp3) is 0.375. The zero-order valence-corrected chi connectivity index (χ0v) is 52.7. The second kappa shape index (κ2) is 29.8. The van der Waals surface area contributed by atoms with E-state index in [1.807, 2.05) is 25.6 Å². The maximum atomic E-state index is 8.70. The molecule has 9 N–H and O–H groups in total. The van der Waals surface area contributed by atoms with Gasteiger partial charge in [0.2, 0.25) is 11.9 Å². The standard InChI is InChI=1S/C28H35N7.C28H34N7.C7H9BO2.CH4.Ac/c2*1-18(2)35-17-31-25-26(33-28(34-27(25)35)32-24-13-11-23(29)12-14-24)30-16-20-7-9-21(10-8-20)22-6-4-5-19(3)15-22;1-6-3-2-4-7(5-6)8(9)10;;/h4-10,15,17-18,23-24H,11-14,16,29H2,1-3H3,(H2,30,32,33,34);4-10,15,17-18,23-24,29H,11-14,16H2,1-3H3,(H2,30,32,33,34);2-5,9-10H,1H3;1H4;/q;-1;;;. The molecule has 16 nitrogen and oxygen atoms in total. The molecule has 1 radical (unpaired) electrons. The molecule has 0 amide bonds. The van der Waals surface area contributed by atoms with Gasteiger partial charge in [-0.25, -0.2) is 9.97 Å². The largest absolute Gasteiger partial charge is 0.675 e. The van der Waals surface area contributed by atoms with Crippen LogP contribution in [0.2, 0.25) is 0 Å². The molecule has 427 valence electrons. The number of anilines is 4. The van der Waals surface area contributed by atoms with E-state index in [0.717, 1.165) is 90.9 Å². The summed E-state index contributed by atoms with van der Waals surface area (Å²) in [6.45, 7) is 16.0. The number of aryl methyl sites for hydroxylation is 3. The van der Waals surface area contributed by atoms with Crippen LogP contribution in [-0.4, -0.2) is 80.4 Å². The molecule has 2 aliphatic rings. The van der Waals surface area contributed by atoms with Crippen LogP contribution in [-0.2, 0) is 13.1 Å². The van der Waals surface area contributed by atoms with Gasteiger partial charge in [-0.1, -0.05) is 158 Å². The van der Waals surface area contributed by atoms with E-state index in [4.69, 9.17) is 41.5 Å². The third-order valence-corrected chi connectivity index (χ3v) is 15.0. The Bertz CT molecular complexity index is 3240. The van der Waals surface area contributed by atoms with Crippen molar-refractivity contribution in [2.24, 2.45) is 5.73 Å². The Morgan fingerprint density at radius 3 is 1.33 bits per heavy atom. The van der Waals surface area contributed by atoms with Gasteiger partial charge in [0.05, 0.1) is 12.7 Å². The minimum atomic E-state index is -1.35. The van der Waals surface area contributed by atoms with Gasteiger partial charge in [-0.2, -0.15) is 19.9 Å². The van der Waals surface area contributed by atoms with Crippen LogP contribution in [0.4, 0.5) is 23.5 Å². The van der Waals surface area contributed by atoms with E-state index in [9.17, 15) is 0 Å². The first-order chi connectivity index (χ1) is 38.6. The van der Waals surface area contributed by atoms with Crippen LogP contribution in [0.3, 0.4) is 0 Å². The molecule has 11 rings (SSSR count). The van der Waals surface area contributed by atoms with Crippen molar-refractivity contribution >= 4 is 58.4 Å². The summed E-state index contributed by atoms with van der Waals surface area (Å²) in [6.07, 6.45) is 11.7. The zero-order valence-electron chi connectivity index (χ0n) is 47.9. The van der Waals surface area contributed by atoms with Crippen molar-refractivity contribution in [3.63, 3.8) is 0 Å². The molecule has 0 aliphatic heterocycles. The first kappa shape index (κ1) is 63.3. The molecule has 2 saturated carbocycles. The Morgan fingerprint density at radius 1 is 0.549 bits per heavy atom. The van der Waals surface area contributed by atoms with Crippen molar-refractivity contribution in [1.29, 1.82) is 0 Å². The van der Waals surface area contributed by atoms with Crippen LogP contribution in [0.25, 0.3) is 50.3 Å². The average Bonchev–Trinajstić information content (AvgIpc) is 4.11. The molecule has 2 fully saturated rings. The minimum Gasteiger partial charge on any atom is -0.675 e. The monoisotopic (exact) mass is 1320 g/mol. The topological polar surface area (TPSA) is 226 Å². The van der Waals surface area contributed by atoms with Gasteiger partial charge in [0.25, 0.3) is 0 Å². The van der Waals surface area contributed by atoms with Gasteiger partial charge in [0.15, 0.2) is 34.0 Å². The van der Waals surface area contributed by atoms with E-state index in [0.29, 0.717) is 48.6 Å². The van der Waals surface area contributed by atoms with Crippen molar-refractivity contribution in [2.45, 2.75) is 157 Å². The summed E-state index contributed by atoms with van der Waals surface area (Å²) in [7, 11) is -1.35. The number of nitrogens with zero attached hydrogens (tertiary/aromatic N) is 8. The normalized spacial score (nSPS) is 16.7. The molecular weight excluding hydrogens is 1230 g/mol. The third kappa shape index (κ3) is 16.9. The van der Waals surface area contributed by atoms with Crippen molar-refractivity contribution in [3.8, 4) is 22.3 Å². The number of fused-ring (bicyclic) bond motifs is 2. The summed E-state index contributed by atoms with van der Waals surface area (Å²) < 4.78 is 4.19. The smallest absolute Gasteiger partial charge is 0.488 e. The van der Waals surface area contributed by atoms with Crippen LogP contribution in [0.15, 0.2) is 134 Å². The second-order valence-corrected chi connectivity index (χ2v) is 22.2. The van der Waals surface area contributed by atoms with Crippen molar-refractivity contribution < 1.29 is 54.1 Å². The Morgan fingerprint density at radius 2 is 0.951 bits per heavy atom. The molecule has 0 saturated heterocycles. The maximum absolute atomic E-state index is 8.70. The number of imidazole rings is 2. The van der Waals surface area contributed by atoms with Gasteiger partial charge < -0.3 is 51.9 Å². The number of hydrogen-bond donors (Lipinski definition) is 7. The quantitative estimate of drug-likeness (QED) is 0.0475. The number of hydrogen-bond acceptors (Lipinski definition) is 13. The van der Waals surface area contributed by atoms with E-state index in [1.54, 1.807) is 18.2 Å². The molecular formula is C64H82AcBN14O2-. The molecule has 0 atom stereocenters. The second-order valence-electron chi connectivity index (χ2n) is 22.2. The maximum Gasteiger partial charge on any atom is 0.488 e. The van der Waals surface area contributed by atoms with E-state index in [1.165, 1.54) is 44.5 Å². The van der Waals surface area contributed by atoms with E-state index in [-0.39, 0.29) is 69.6 Å². The predicted molar refractivity (Wildman–Crippen MR) is 335 cm³/mol. The number of aromatic nitrogens is 8. The molecule has 4 heterocycles. The molecule has 0 unspecified atom stereocenters. The fourth-order valence-electron chi connectivity index (χ4n) is 10.3. The van der Waals surface area contributed by atoms with Gasteiger partial charge in [0, 0.05) is 87.4 Å².